The van der Waals surface area contributed by atoms with Gasteiger partial charge in [0.2, 0.25) is 5.78 Å². The lowest BCUT2D eigenvalue weighted by molar-refractivity contribution is 0.0459. The molecule has 1 unspecified atom stereocenters. The van der Waals surface area contributed by atoms with Gasteiger partial charge < -0.3 is 10.1 Å². The van der Waals surface area contributed by atoms with Crippen molar-refractivity contribution < 1.29 is 14.3 Å². The quantitative estimate of drug-likeness (QED) is 0.697. The van der Waals surface area contributed by atoms with Crippen molar-refractivity contribution in [2.24, 2.45) is 0 Å². The predicted octanol–water partition coefficient (Wildman–Crippen LogP) is 3.89. The van der Waals surface area contributed by atoms with Gasteiger partial charge in [0.25, 0.3) is 0 Å². The van der Waals surface area contributed by atoms with Gasteiger partial charge in [-0.15, -0.1) is 5.10 Å². The second kappa shape index (κ2) is 6.91. The number of hydrogen-bond donors (Lipinski definition) is 1. The van der Waals surface area contributed by atoms with Crippen LogP contribution in [-0.4, -0.2) is 38.2 Å². The Morgan fingerprint density at radius 1 is 1.06 bits per heavy atom. The maximum absolute atomic E-state index is 13.3. The summed E-state index contributed by atoms with van der Waals surface area (Å²) in [5.41, 5.74) is 2.90. The highest BCUT2D eigenvalue weighted by molar-refractivity contribution is 6.27. The lowest BCUT2D eigenvalue weighted by atomic mass is 9.82. The Hall–Kier alpha value is -3.74. The Balaban J connectivity index is 1.51. The lowest BCUT2D eigenvalue weighted by Gasteiger charge is -2.29. The number of benzene rings is 2. The van der Waals surface area contributed by atoms with Gasteiger partial charge in [0.05, 0.1) is 17.8 Å². The third-order valence-electron chi connectivity index (χ3n) is 5.79. The number of anilines is 1. The summed E-state index contributed by atoms with van der Waals surface area (Å²) in [5, 5.41) is 11.8. The molecule has 1 aromatic heterocycles. The minimum atomic E-state index is -0.778. The number of hydrogen-bond acceptors (Lipinski definition) is 6. The van der Waals surface area contributed by atoms with Gasteiger partial charge in [0, 0.05) is 28.9 Å². The van der Waals surface area contributed by atoms with Crippen LogP contribution in [0.25, 0.3) is 11.3 Å². The smallest absolute Gasteiger partial charge is 0.228 e. The third-order valence-corrected chi connectivity index (χ3v) is 5.79. The molecule has 0 bridgehead atoms. The highest BCUT2D eigenvalue weighted by Crippen LogP contribution is 2.42. The van der Waals surface area contributed by atoms with Gasteiger partial charge in [-0.05, 0) is 32.9 Å². The van der Waals surface area contributed by atoms with Crippen molar-refractivity contribution in [3.05, 3.63) is 77.2 Å². The maximum Gasteiger partial charge on any atom is 0.228 e. The number of allylic oxidation sites excluding steroid dienone is 1. The van der Waals surface area contributed by atoms with Gasteiger partial charge in [-0.3, -0.25) is 14.3 Å². The Labute approximate surface area is 179 Å². The van der Waals surface area contributed by atoms with Gasteiger partial charge in [-0.2, -0.15) is 0 Å². The number of nitrogens with zero attached hydrogens (tertiary/aromatic N) is 3. The van der Waals surface area contributed by atoms with Crippen molar-refractivity contribution in [2.45, 2.75) is 39.0 Å². The van der Waals surface area contributed by atoms with E-state index in [0.717, 1.165) is 23.5 Å². The normalized spacial score (nSPS) is 19.1. The summed E-state index contributed by atoms with van der Waals surface area (Å²) < 4.78 is 7.80. The summed E-state index contributed by atoms with van der Waals surface area (Å²) in [5.74, 6) is -0.268. The van der Waals surface area contributed by atoms with E-state index in [1.807, 2.05) is 51.2 Å². The van der Waals surface area contributed by atoms with Crippen LogP contribution >= 0.6 is 0 Å². The molecule has 7 heteroatoms. The first kappa shape index (κ1) is 19.2. The summed E-state index contributed by atoms with van der Waals surface area (Å²) in [6, 6.07) is 14.2. The number of carbonyl (C=O) groups is 2. The molecule has 2 aliphatic rings. The first-order valence-corrected chi connectivity index (χ1v) is 10.3. The number of Topliss-reactive ketones (excluding diaryl/α,β-unsaturated/α-hetero) is 2. The first-order chi connectivity index (χ1) is 14.9. The molecular formula is C24H22N4O3. The van der Waals surface area contributed by atoms with Crippen molar-refractivity contribution >= 4 is 17.3 Å². The van der Waals surface area contributed by atoms with Gasteiger partial charge >= 0.3 is 0 Å². The second-order valence-electron chi connectivity index (χ2n) is 8.27. The van der Waals surface area contributed by atoms with Crippen LogP contribution in [0.15, 0.2) is 66.1 Å². The van der Waals surface area contributed by atoms with Gasteiger partial charge in [-0.1, -0.05) is 41.6 Å². The topological polar surface area (TPSA) is 86.1 Å². The van der Waals surface area contributed by atoms with Crippen LogP contribution in [0.5, 0.6) is 0 Å². The molecule has 2 heterocycles. The largest absolute Gasteiger partial charge is 0.481 e. The Kier molecular flexibility index (Phi) is 4.28. The minimum Gasteiger partial charge on any atom is -0.481 e. The number of carbonyl (C=O) groups excluding carboxylic acids is 2. The molecule has 1 aliphatic heterocycles. The highest BCUT2D eigenvalue weighted by atomic mass is 16.5. The van der Waals surface area contributed by atoms with E-state index in [1.165, 1.54) is 0 Å². The van der Waals surface area contributed by atoms with Crippen molar-refractivity contribution in [1.29, 1.82) is 0 Å². The van der Waals surface area contributed by atoms with Crippen LogP contribution in [0.4, 0.5) is 5.69 Å². The first-order valence-electron chi connectivity index (χ1n) is 10.3. The molecule has 0 radical (unpaired) electrons. The second-order valence-corrected chi connectivity index (χ2v) is 8.27. The highest BCUT2D eigenvalue weighted by Gasteiger charge is 2.51. The molecule has 31 heavy (non-hydrogen) atoms. The van der Waals surface area contributed by atoms with Gasteiger partial charge in [-0.25, -0.2) is 0 Å². The summed E-state index contributed by atoms with van der Waals surface area (Å²) in [6.45, 7) is 6.51. The Morgan fingerprint density at radius 2 is 1.81 bits per heavy atom. The lowest BCUT2D eigenvalue weighted by Crippen LogP contribution is -2.42. The van der Waals surface area contributed by atoms with Crippen molar-refractivity contribution in [2.75, 3.05) is 5.32 Å². The number of aryl methyl sites for hydroxylation is 1. The number of nitrogens with one attached hydrogen (secondary N) is 1. The zero-order chi connectivity index (χ0) is 21.8. The molecule has 156 valence electrons. The molecule has 7 nitrogen and oxygen atoms in total. The van der Waals surface area contributed by atoms with Gasteiger partial charge in [0.1, 0.15) is 11.3 Å². The van der Waals surface area contributed by atoms with Crippen LogP contribution in [0.1, 0.15) is 41.5 Å². The fraction of sp³-hybridized carbons (Fsp3) is 0.250. The fourth-order valence-electron chi connectivity index (χ4n) is 4.17. The number of rotatable bonds is 4. The summed E-state index contributed by atoms with van der Waals surface area (Å²) in [7, 11) is 0. The van der Waals surface area contributed by atoms with E-state index in [-0.39, 0.29) is 17.3 Å². The summed E-state index contributed by atoms with van der Waals surface area (Å²) >= 11 is 0. The molecule has 0 amide bonds. The molecule has 0 saturated carbocycles. The SMILES string of the molecule is CCn1cc(-c2cccc(NC3C4=C(OC3(C)C)C(=O)c3ccccc3C4=O)c2)nn1. The van der Waals surface area contributed by atoms with E-state index < -0.39 is 11.6 Å². The van der Waals surface area contributed by atoms with Crippen LogP contribution in [0, 0.1) is 0 Å². The molecule has 2 aromatic carbocycles. The zero-order valence-corrected chi connectivity index (χ0v) is 17.5. The molecular weight excluding hydrogens is 392 g/mol. The molecule has 1 N–H and O–H groups in total. The van der Waals surface area contributed by atoms with E-state index in [0.29, 0.717) is 16.7 Å². The predicted molar refractivity (Wildman–Crippen MR) is 116 cm³/mol. The monoisotopic (exact) mass is 414 g/mol. The molecule has 0 spiro atoms. The van der Waals surface area contributed by atoms with Crippen LogP contribution in [0.3, 0.4) is 0 Å². The standard InChI is InChI=1S/C24H22N4O3/c1-4-28-13-18(26-27-28)14-8-7-9-15(12-14)25-23-19-20(29)16-10-5-6-11-17(16)21(30)22(19)31-24(23,2)3/h5-13,23,25H,4H2,1-3H3. The molecule has 3 aromatic rings. The van der Waals surface area contributed by atoms with E-state index in [9.17, 15) is 9.59 Å². The van der Waals surface area contributed by atoms with E-state index >= 15 is 0 Å². The van der Waals surface area contributed by atoms with Crippen molar-refractivity contribution in [3.63, 3.8) is 0 Å². The average Bonchev–Trinajstić information content (AvgIpc) is 3.35. The number of aromatic nitrogens is 3. The van der Waals surface area contributed by atoms with Crippen molar-refractivity contribution in [1.82, 2.24) is 15.0 Å². The number of ketones is 2. The van der Waals surface area contributed by atoms with Crippen LogP contribution in [-0.2, 0) is 11.3 Å². The van der Waals surface area contributed by atoms with E-state index in [1.54, 1.807) is 28.9 Å². The summed E-state index contributed by atoms with van der Waals surface area (Å²) in [4.78, 5) is 26.3. The van der Waals surface area contributed by atoms with Crippen molar-refractivity contribution in [3.8, 4) is 11.3 Å². The molecule has 5 rings (SSSR count). The molecule has 0 fully saturated rings. The number of ether oxygens (including phenoxy) is 1. The van der Waals surface area contributed by atoms with E-state index in [4.69, 9.17) is 4.74 Å². The number of fused-ring (bicyclic) bond motifs is 1. The third kappa shape index (κ3) is 3.04. The van der Waals surface area contributed by atoms with Gasteiger partial charge in [0.15, 0.2) is 11.5 Å². The van der Waals surface area contributed by atoms with E-state index in [2.05, 4.69) is 15.6 Å². The van der Waals surface area contributed by atoms with Crippen LogP contribution < -0.4 is 5.32 Å². The Bertz CT molecular complexity index is 1250. The molecule has 1 aliphatic carbocycles. The summed E-state index contributed by atoms with van der Waals surface area (Å²) in [6.07, 6.45) is 1.89. The fourth-order valence-corrected chi connectivity index (χ4v) is 4.17. The molecule has 0 saturated heterocycles. The zero-order valence-electron chi connectivity index (χ0n) is 17.5. The average molecular weight is 414 g/mol. The van der Waals surface area contributed by atoms with Crippen LogP contribution in [0.2, 0.25) is 0 Å². The Morgan fingerprint density at radius 3 is 2.52 bits per heavy atom. The minimum absolute atomic E-state index is 0.147. The molecule has 1 atom stereocenters. The maximum atomic E-state index is 13.3.